The molecule has 0 fully saturated rings. The van der Waals surface area contributed by atoms with E-state index in [1.807, 2.05) is 20.9 Å². The molecule has 0 aromatic carbocycles. The van der Waals surface area contributed by atoms with E-state index in [0.29, 0.717) is 13.0 Å². The zero-order valence-corrected chi connectivity index (χ0v) is 9.17. The lowest BCUT2D eigenvalue weighted by Crippen LogP contribution is -2.28. The van der Waals surface area contributed by atoms with Gasteiger partial charge in [0.25, 0.3) is 0 Å². The maximum absolute atomic E-state index is 11.4. The van der Waals surface area contributed by atoms with E-state index in [1.54, 1.807) is 4.90 Å². The molecule has 0 spiro atoms. The SMILES string of the molecule is CCCN(C)C(=O)CCOC(C)C. The van der Waals surface area contributed by atoms with Gasteiger partial charge in [0.2, 0.25) is 5.91 Å². The minimum atomic E-state index is 0.169. The van der Waals surface area contributed by atoms with Crippen LogP contribution in [-0.4, -0.2) is 37.1 Å². The zero-order chi connectivity index (χ0) is 10.3. The summed E-state index contributed by atoms with van der Waals surface area (Å²) >= 11 is 0. The number of ether oxygens (including phenoxy) is 1. The first-order valence-electron chi connectivity index (χ1n) is 4.93. The maximum Gasteiger partial charge on any atom is 0.224 e. The van der Waals surface area contributed by atoms with Crippen molar-refractivity contribution in [1.29, 1.82) is 0 Å². The predicted octanol–water partition coefficient (Wildman–Crippen LogP) is 1.67. The smallest absolute Gasteiger partial charge is 0.224 e. The third-order valence-electron chi connectivity index (χ3n) is 1.75. The van der Waals surface area contributed by atoms with E-state index >= 15 is 0 Å². The Hall–Kier alpha value is -0.570. The van der Waals surface area contributed by atoms with E-state index in [2.05, 4.69) is 6.92 Å². The van der Waals surface area contributed by atoms with E-state index in [4.69, 9.17) is 4.74 Å². The summed E-state index contributed by atoms with van der Waals surface area (Å²) in [6.45, 7) is 7.37. The molecule has 0 aliphatic rings. The molecule has 0 saturated carbocycles. The molecular weight excluding hydrogens is 166 g/mol. The molecule has 0 aromatic rings. The maximum atomic E-state index is 11.4. The molecule has 78 valence electrons. The monoisotopic (exact) mass is 187 g/mol. The van der Waals surface area contributed by atoms with Gasteiger partial charge in [0.05, 0.1) is 19.1 Å². The van der Waals surface area contributed by atoms with Gasteiger partial charge in [-0.1, -0.05) is 6.92 Å². The molecule has 1 amide bonds. The lowest BCUT2D eigenvalue weighted by atomic mass is 10.3. The summed E-state index contributed by atoms with van der Waals surface area (Å²) in [6.07, 6.45) is 1.71. The van der Waals surface area contributed by atoms with Crippen molar-refractivity contribution in [2.75, 3.05) is 20.2 Å². The fourth-order valence-electron chi connectivity index (χ4n) is 1.03. The van der Waals surface area contributed by atoms with Gasteiger partial charge in [0, 0.05) is 13.6 Å². The zero-order valence-electron chi connectivity index (χ0n) is 9.17. The van der Waals surface area contributed by atoms with Crippen LogP contribution < -0.4 is 0 Å². The van der Waals surface area contributed by atoms with Gasteiger partial charge < -0.3 is 9.64 Å². The largest absolute Gasteiger partial charge is 0.378 e. The van der Waals surface area contributed by atoms with Crippen LogP contribution in [-0.2, 0) is 9.53 Å². The Bertz CT molecular complexity index is 146. The van der Waals surface area contributed by atoms with Gasteiger partial charge in [0.1, 0.15) is 0 Å². The Kier molecular flexibility index (Phi) is 6.59. The second-order valence-electron chi connectivity index (χ2n) is 3.48. The van der Waals surface area contributed by atoms with Crippen LogP contribution in [0.3, 0.4) is 0 Å². The minimum absolute atomic E-state index is 0.169. The Morgan fingerprint density at radius 3 is 2.54 bits per heavy atom. The van der Waals surface area contributed by atoms with E-state index in [0.717, 1.165) is 13.0 Å². The van der Waals surface area contributed by atoms with Gasteiger partial charge in [0.15, 0.2) is 0 Å². The molecule has 0 bridgehead atoms. The first-order chi connectivity index (χ1) is 6.07. The minimum Gasteiger partial charge on any atom is -0.378 e. The highest BCUT2D eigenvalue weighted by Gasteiger charge is 2.07. The number of hydrogen-bond acceptors (Lipinski definition) is 2. The number of hydrogen-bond donors (Lipinski definition) is 0. The Labute approximate surface area is 81.1 Å². The van der Waals surface area contributed by atoms with Crippen molar-refractivity contribution in [2.45, 2.75) is 39.7 Å². The highest BCUT2D eigenvalue weighted by atomic mass is 16.5. The second kappa shape index (κ2) is 6.89. The van der Waals surface area contributed by atoms with Crippen LogP contribution in [0.1, 0.15) is 33.6 Å². The summed E-state index contributed by atoms with van der Waals surface area (Å²) < 4.78 is 5.29. The quantitative estimate of drug-likeness (QED) is 0.633. The summed E-state index contributed by atoms with van der Waals surface area (Å²) in [7, 11) is 1.83. The number of rotatable bonds is 6. The van der Waals surface area contributed by atoms with Crippen molar-refractivity contribution in [2.24, 2.45) is 0 Å². The van der Waals surface area contributed by atoms with Crippen molar-refractivity contribution in [3.05, 3.63) is 0 Å². The van der Waals surface area contributed by atoms with Crippen LogP contribution in [0.25, 0.3) is 0 Å². The lowest BCUT2D eigenvalue weighted by Gasteiger charge is -2.16. The molecule has 13 heavy (non-hydrogen) atoms. The van der Waals surface area contributed by atoms with Gasteiger partial charge >= 0.3 is 0 Å². The molecule has 0 aromatic heterocycles. The average molecular weight is 187 g/mol. The third-order valence-corrected chi connectivity index (χ3v) is 1.75. The molecule has 0 unspecified atom stereocenters. The number of carbonyl (C=O) groups is 1. The lowest BCUT2D eigenvalue weighted by molar-refractivity contribution is -0.131. The van der Waals surface area contributed by atoms with Crippen molar-refractivity contribution in [3.63, 3.8) is 0 Å². The van der Waals surface area contributed by atoms with E-state index in [-0.39, 0.29) is 12.0 Å². The standard InChI is InChI=1S/C10H21NO2/c1-5-7-11(4)10(12)6-8-13-9(2)3/h9H,5-8H2,1-4H3. The van der Waals surface area contributed by atoms with Gasteiger partial charge in [-0.15, -0.1) is 0 Å². The highest BCUT2D eigenvalue weighted by Crippen LogP contribution is 1.95. The molecule has 0 aliphatic heterocycles. The highest BCUT2D eigenvalue weighted by molar-refractivity contribution is 5.75. The van der Waals surface area contributed by atoms with Crippen molar-refractivity contribution < 1.29 is 9.53 Å². The topological polar surface area (TPSA) is 29.5 Å². The fourth-order valence-corrected chi connectivity index (χ4v) is 1.03. The van der Waals surface area contributed by atoms with Crippen molar-refractivity contribution >= 4 is 5.91 Å². The molecule has 3 heteroatoms. The molecule has 3 nitrogen and oxygen atoms in total. The van der Waals surface area contributed by atoms with Crippen LogP contribution in [0.4, 0.5) is 0 Å². The first-order valence-corrected chi connectivity index (χ1v) is 4.93. The van der Waals surface area contributed by atoms with Crippen LogP contribution in [0.2, 0.25) is 0 Å². The van der Waals surface area contributed by atoms with Gasteiger partial charge in [-0.05, 0) is 20.3 Å². The van der Waals surface area contributed by atoms with Crippen LogP contribution in [0.15, 0.2) is 0 Å². The Morgan fingerprint density at radius 1 is 1.46 bits per heavy atom. The van der Waals surface area contributed by atoms with Gasteiger partial charge in [-0.2, -0.15) is 0 Å². The Morgan fingerprint density at radius 2 is 2.08 bits per heavy atom. The number of amides is 1. The van der Waals surface area contributed by atoms with Crippen LogP contribution in [0, 0.1) is 0 Å². The molecule has 0 rings (SSSR count). The van der Waals surface area contributed by atoms with E-state index < -0.39 is 0 Å². The van der Waals surface area contributed by atoms with Crippen molar-refractivity contribution in [3.8, 4) is 0 Å². The van der Waals surface area contributed by atoms with Crippen LogP contribution >= 0.6 is 0 Å². The van der Waals surface area contributed by atoms with E-state index in [1.165, 1.54) is 0 Å². The summed E-state index contributed by atoms with van der Waals surface area (Å²) in [5.41, 5.74) is 0. The second-order valence-corrected chi connectivity index (χ2v) is 3.48. The molecule has 0 N–H and O–H groups in total. The molecule has 0 saturated heterocycles. The molecule has 0 aliphatic carbocycles. The van der Waals surface area contributed by atoms with Crippen LogP contribution in [0.5, 0.6) is 0 Å². The van der Waals surface area contributed by atoms with E-state index in [9.17, 15) is 4.79 Å². The molecule has 0 heterocycles. The molecular formula is C10H21NO2. The summed E-state index contributed by atoms with van der Waals surface area (Å²) in [4.78, 5) is 13.1. The summed E-state index contributed by atoms with van der Waals surface area (Å²) in [5.74, 6) is 0.169. The Balaban J connectivity index is 3.50. The molecule has 0 radical (unpaired) electrons. The number of carbonyl (C=O) groups excluding carboxylic acids is 1. The fraction of sp³-hybridized carbons (Fsp3) is 0.900. The normalized spacial score (nSPS) is 10.5. The summed E-state index contributed by atoms with van der Waals surface area (Å²) in [6, 6.07) is 0. The third kappa shape index (κ3) is 6.58. The molecule has 0 atom stereocenters. The van der Waals surface area contributed by atoms with Crippen molar-refractivity contribution in [1.82, 2.24) is 4.90 Å². The first kappa shape index (κ1) is 12.4. The summed E-state index contributed by atoms with van der Waals surface area (Å²) in [5, 5.41) is 0. The number of nitrogens with zero attached hydrogens (tertiary/aromatic N) is 1. The van der Waals surface area contributed by atoms with Gasteiger partial charge in [-0.3, -0.25) is 4.79 Å². The average Bonchev–Trinajstić information content (AvgIpc) is 2.04. The predicted molar refractivity (Wildman–Crippen MR) is 53.6 cm³/mol. The van der Waals surface area contributed by atoms with Gasteiger partial charge in [-0.25, -0.2) is 0 Å².